The molecule has 76 heavy (non-hydrogen) atoms. The first-order valence-electron chi connectivity index (χ1n) is 29.7. The number of phosphoric acid groups is 1. The predicted molar refractivity (Wildman–Crippen MR) is 327 cm³/mol. The maximum Gasteiger partial charge on any atom is 0.472 e. The van der Waals surface area contributed by atoms with Gasteiger partial charge in [-0.15, -0.1) is 0 Å². The number of carbonyl (C=O) groups is 2. The summed E-state index contributed by atoms with van der Waals surface area (Å²) in [6.45, 7) is 6.67. The molecule has 1 amide bonds. The van der Waals surface area contributed by atoms with Crippen molar-refractivity contribution in [2.75, 3.05) is 40.9 Å². The number of allylic oxidation sites excluding steroid dienone is 23. The summed E-state index contributed by atoms with van der Waals surface area (Å²) >= 11 is 0. The molecule has 2 N–H and O–H groups in total. The summed E-state index contributed by atoms with van der Waals surface area (Å²) in [5, 5.41) is 3.03. The van der Waals surface area contributed by atoms with Crippen LogP contribution >= 0.6 is 7.82 Å². The Morgan fingerprint density at radius 2 is 0.908 bits per heavy atom. The van der Waals surface area contributed by atoms with E-state index in [-0.39, 0.29) is 31.5 Å². The van der Waals surface area contributed by atoms with Gasteiger partial charge in [0, 0.05) is 12.8 Å². The van der Waals surface area contributed by atoms with E-state index >= 15 is 0 Å². The number of esters is 1. The van der Waals surface area contributed by atoms with E-state index in [2.05, 4.69) is 99.0 Å². The molecule has 3 atom stereocenters. The average molecular weight is 1070 g/mol. The molecule has 0 spiro atoms. The van der Waals surface area contributed by atoms with Crippen LogP contribution < -0.4 is 5.32 Å². The SMILES string of the molecule is CC\C=C/C=C/C=C/C=C\C=C\C=C\CCCCCC(=O)OC(/C=C\CCCCCCCCCCCC)C(COP(=O)(O)OCC[N+](C)(C)C)NC(=O)CCCCCCC/C=C\C/C=C\C/C=C\C/C=C\C/C=C\CC. The van der Waals surface area contributed by atoms with Crippen molar-refractivity contribution in [3.63, 3.8) is 0 Å². The number of hydrogen-bond acceptors (Lipinski definition) is 6. The fourth-order valence-corrected chi connectivity index (χ4v) is 8.38. The van der Waals surface area contributed by atoms with Gasteiger partial charge in [-0.1, -0.05) is 244 Å². The van der Waals surface area contributed by atoms with Crippen LogP contribution in [0.2, 0.25) is 0 Å². The Bertz CT molecular complexity index is 1810. The van der Waals surface area contributed by atoms with Crippen LogP contribution in [0.4, 0.5) is 0 Å². The minimum Gasteiger partial charge on any atom is -0.456 e. The molecule has 0 aromatic rings. The Hall–Kier alpha value is -4.11. The molecule has 0 aromatic heterocycles. The number of hydrogen-bond donors (Lipinski definition) is 2. The number of likely N-dealkylation sites (N-methyl/N-ethyl adjacent to an activating group) is 1. The second kappa shape index (κ2) is 54.3. The van der Waals surface area contributed by atoms with Gasteiger partial charge in [-0.05, 0) is 96.0 Å². The third kappa shape index (κ3) is 54.7. The van der Waals surface area contributed by atoms with Gasteiger partial charge in [0.15, 0.2) is 0 Å². The highest BCUT2D eigenvalue weighted by Crippen LogP contribution is 2.43. The zero-order valence-corrected chi connectivity index (χ0v) is 49.8. The molecule has 0 saturated carbocycles. The molecule has 0 radical (unpaired) electrons. The smallest absolute Gasteiger partial charge is 0.456 e. The van der Waals surface area contributed by atoms with Crippen LogP contribution in [0.1, 0.15) is 207 Å². The molecule has 0 aliphatic rings. The topological polar surface area (TPSA) is 111 Å². The summed E-state index contributed by atoms with van der Waals surface area (Å²) in [4.78, 5) is 37.7. The molecule has 0 bridgehead atoms. The monoisotopic (exact) mass is 1070 g/mol. The largest absolute Gasteiger partial charge is 0.472 e. The third-order valence-corrected chi connectivity index (χ3v) is 13.2. The first kappa shape index (κ1) is 71.9. The summed E-state index contributed by atoms with van der Waals surface area (Å²) in [6.07, 6.45) is 78.4. The first-order valence-corrected chi connectivity index (χ1v) is 31.2. The van der Waals surface area contributed by atoms with Gasteiger partial charge < -0.3 is 19.4 Å². The lowest BCUT2D eigenvalue weighted by molar-refractivity contribution is -0.870. The number of nitrogens with one attached hydrogen (secondary N) is 1. The Balaban J connectivity index is 5.43. The van der Waals surface area contributed by atoms with Gasteiger partial charge in [0.25, 0.3) is 0 Å². The van der Waals surface area contributed by atoms with Crippen molar-refractivity contribution >= 4 is 19.7 Å². The molecule has 3 unspecified atom stereocenters. The minimum atomic E-state index is -4.48. The molecule has 430 valence electrons. The highest BCUT2D eigenvalue weighted by atomic mass is 31.2. The number of quaternary nitrogens is 1. The van der Waals surface area contributed by atoms with Crippen LogP contribution in [0, 0.1) is 0 Å². The quantitative estimate of drug-likeness (QED) is 0.0156. The number of phosphoric ester groups is 1. The summed E-state index contributed by atoms with van der Waals surface area (Å²) in [5.41, 5.74) is 0. The molecule has 9 nitrogen and oxygen atoms in total. The van der Waals surface area contributed by atoms with Crippen molar-refractivity contribution in [2.24, 2.45) is 0 Å². The number of unbranched alkanes of at least 4 members (excludes halogenated alkanes) is 18. The van der Waals surface area contributed by atoms with Crippen molar-refractivity contribution < 1.29 is 37.3 Å². The van der Waals surface area contributed by atoms with Crippen molar-refractivity contribution in [1.82, 2.24) is 5.32 Å². The van der Waals surface area contributed by atoms with E-state index in [1.807, 2.05) is 94.1 Å². The Labute approximate surface area is 466 Å². The first-order chi connectivity index (χ1) is 36.9. The van der Waals surface area contributed by atoms with Gasteiger partial charge in [-0.3, -0.25) is 18.6 Å². The molecule has 0 fully saturated rings. The molecule has 0 rings (SSSR count). The molecule has 0 saturated heterocycles. The van der Waals surface area contributed by atoms with Crippen molar-refractivity contribution in [1.29, 1.82) is 0 Å². The van der Waals surface area contributed by atoms with Crippen molar-refractivity contribution in [2.45, 2.75) is 219 Å². The Kier molecular flexibility index (Phi) is 51.3. The van der Waals surface area contributed by atoms with Crippen LogP contribution in [-0.4, -0.2) is 74.3 Å². The fourth-order valence-electron chi connectivity index (χ4n) is 7.64. The second-order valence-electron chi connectivity index (χ2n) is 20.6. The maximum absolute atomic E-state index is 13.5. The standard InChI is InChI=1S/C66H109N2O7P/c1-7-10-13-16-19-22-25-28-30-32-33-34-35-37-38-40-43-46-49-52-55-58-65(69)67-63(62-74-76(71,72)73-61-60-68(4,5)6)64(57-54-51-48-45-42-27-24-21-18-15-12-9-3)75-66(70)59-56-53-50-47-44-41-39-36-31-29-26-23-20-17-14-11-8-2/h10-11,13-14,17,19-20,22-23,26,28-31,33-34,36-39,41,44,54,57,63-64H,7-9,12,15-16,18,21,24-25,27,32,35,40,42-43,45-53,55-56,58-62H2,1-6H3,(H-,67,69,71,72)/p+1/b13-10-,14-11-,20-17+,22-19-,26-23+,30-28-,31-29-,34-33-,38-37-,39-36+,44-41+,57-54-. The summed E-state index contributed by atoms with van der Waals surface area (Å²) in [5.74, 6) is -0.592. The van der Waals surface area contributed by atoms with Crippen LogP contribution in [0.5, 0.6) is 0 Å². The van der Waals surface area contributed by atoms with E-state index < -0.39 is 20.0 Å². The van der Waals surface area contributed by atoms with Crippen LogP contribution in [-0.2, 0) is 27.9 Å². The van der Waals surface area contributed by atoms with Crippen LogP contribution in [0.25, 0.3) is 0 Å². The van der Waals surface area contributed by atoms with Crippen molar-refractivity contribution in [3.05, 3.63) is 146 Å². The van der Waals surface area contributed by atoms with Gasteiger partial charge in [0.05, 0.1) is 33.8 Å². The molecular formula is C66H110N2O7P+. The highest BCUT2D eigenvalue weighted by molar-refractivity contribution is 7.47. The van der Waals surface area contributed by atoms with Crippen molar-refractivity contribution in [3.8, 4) is 0 Å². The number of ether oxygens (including phenoxy) is 1. The molecule has 0 aliphatic carbocycles. The van der Waals surface area contributed by atoms with E-state index in [0.717, 1.165) is 109 Å². The van der Waals surface area contributed by atoms with Gasteiger partial charge in [-0.2, -0.15) is 0 Å². The molecule has 0 heterocycles. The Morgan fingerprint density at radius 3 is 1.43 bits per heavy atom. The van der Waals surface area contributed by atoms with E-state index in [1.54, 1.807) is 0 Å². The van der Waals surface area contributed by atoms with Gasteiger partial charge in [0.2, 0.25) is 5.91 Å². The van der Waals surface area contributed by atoms with E-state index in [9.17, 15) is 19.0 Å². The lowest BCUT2D eigenvalue weighted by Gasteiger charge is -2.27. The zero-order valence-electron chi connectivity index (χ0n) is 48.9. The van der Waals surface area contributed by atoms with Gasteiger partial charge in [0.1, 0.15) is 19.3 Å². The summed E-state index contributed by atoms with van der Waals surface area (Å²) in [7, 11) is 1.43. The average Bonchev–Trinajstić information content (AvgIpc) is 3.38. The summed E-state index contributed by atoms with van der Waals surface area (Å²) < 4.78 is 30.6. The van der Waals surface area contributed by atoms with Gasteiger partial charge >= 0.3 is 13.8 Å². The van der Waals surface area contributed by atoms with Crippen LogP contribution in [0.3, 0.4) is 0 Å². The zero-order chi connectivity index (χ0) is 55.7. The minimum absolute atomic E-state index is 0.0193. The Morgan fingerprint density at radius 1 is 0.487 bits per heavy atom. The van der Waals surface area contributed by atoms with E-state index in [0.29, 0.717) is 30.3 Å². The lowest BCUT2D eigenvalue weighted by Crippen LogP contribution is -2.47. The van der Waals surface area contributed by atoms with Crippen LogP contribution in [0.15, 0.2) is 146 Å². The van der Waals surface area contributed by atoms with E-state index in [1.165, 1.54) is 51.4 Å². The number of carbonyl (C=O) groups excluding carboxylic acids is 2. The van der Waals surface area contributed by atoms with E-state index in [4.69, 9.17) is 13.8 Å². The molecule has 0 aromatic carbocycles. The fraction of sp³-hybridized carbons (Fsp3) is 0.606. The number of rotatable bonds is 51. The normalized spacial score (nSPS) is 14.8. The molecular weight excluding hydrogens is 964 g/mol. The third-order valence-electron chi connectivity index (χ3n) is 12.2. The number of amides is 1. The maximum atomic E-state index is 13.5. The molecule has 10 heteroatoms. The van der Waals surface area contributed by atoms with Gasteiger partial charge in [-0.25, -0.2) is 4.57 Å². The molecule has 0 aliphatic heterocycles. The lowest BCUT2D eigenvalue weighted by atomic mass is 10.0. The second-order valence-corrected chi connectivity index (χ2v) is 22.0. The summed E-state index contributed by atoms with van der Waals surface area (Å²) in [6, 6.07) is -0.889. The number of nitrogens with zero attached hydrogens (tertiary/aromatic N) is 1. The predicted octanol–water partition coefficient (Wildman–Crippen LogP) is 18.3. The highest BCUT2D eigenvalue weighted by Gasteiger charge is 2.30.